The average Bonchev–Trinajstić information content (AvgIpc) is 2.83. The first-order chi connectivity index (χ1) is 7.70. The quantitative estimate of drug-likeness (QED) is 0.800. The Morgan fingerprint density at radius 3 is 3.06 bits per heavy atom. The van der Waals surface area contributed by atoms with Crippen LogP contribution in [0.3, 0.4) is 0 Å². The third-order valence-electron chi connectivity index (χ3n) is 1.91. The zero-order valence-electron chi connectivity index (χ0n) is 8.93. The van der Waals surface area contributed by atoms with Crippen molar-refractivity contribution in [2.24, 2.45) is 0 Å². The van der Waals surface area contributed by atoms with Crippen molar-refractivity contribution in [3.63, 3.8) is 0 Å². The summed E-state index contributed by atoms with van der Waals surface area (Å²) < 4.78 is 5.05. The summed E-state index contributed by atoms with van der Waals surface area (Å²) in [5.41, 5.74) is 0.847. The van der Waals surface area contributed by atoms with Crippen LogP contribution in [0.15, 0.2) is 10.7 Å². The maximum absolute atomic E-state index is 8.80. The van der Waals surface area contributed by atoms with Crippen LogP contribution in [0.25, 0.3) is 11.5 Å². The molecule has 7 nitrogen and oxygen atoms in total. The van der Waals surface area contributed by atoms with Crippen LogP contribution in [0.4, 0.5) is 0 Å². The van der Waals surface area contributed by atoms with Gasteiger partial charge >= 0.3 is 0 Å². The maximum atomic E-state index is 8.80. The lowest BCUT2D eigenvalue weighted by Gasteiger charge is -2.03. The second-order valence-corrected chi connectivity index (χ2v) is 3.52. The molecule has 0 radical (unpaired) electrons. The van der Waals surface area contributed by atoms with E-state index < -0.39 is 0 Å². The van der Waals surface area contributed by atoms with Crippen molar-refractivity contribution < 1.29 is 4.52 Å². The van der Waals surface area contributed by atoms with Crippen molar-refractivity contribution >= 4 is 0 Å². The van der Waals surface area contributed by atoms with Crippen LogP contribution in [-0.2, 0) is 6.54 Å². The van der Waals surface area contributed by atoms with Gasteiger partial charge in [-0.2, -0.15) is 15.3 Å². The molecule has 0 saturated heterocycles. The molecule has 0 atom stereocenters. The van der Waals surface area contributed by atoms with Gasteiger partial charge in [-0.15, -0.1) is 0 Å². The summed E-state index contributed by atoms with van der Waals surface area (Å²) in [6, 6.07) is 1.97. The Bertz CT molecular complexity index is 520. The van der Waals surface area contributed by atoms with Crippen molar-refractivity contribution in [2.75, 3.05) is 14.1 Å². The van der Waals surface area contributed by atoms with Crippen LogP contribution in [0, 0.1) is 11.3 Å². The van der Waals surface area contributed by atoms with Gasteiger partial charge in [0, 0.05) is 0 Å². The number of nitriles is 1. The van der Waals surface area contributed by atoms with Gasteiger partial charge in [-0.1, -0.05) is 5.16 Å². The second kappa shape index (κ2) is 4.12. The third-order valence-corrected chi connectivity index (χ3v) is 1.91. The van der Waals surface area contributed by atoms with Crippen LogP contribution in [0.2, 0.25) is 0 Å². The summed E-state index contributed by atoms with van der Waals surface area (Å²) in [4.78, 5) is 6.10. The summed E-state index contributed by atoms with van der Waals surface area (Å²) >= 11 is 0. The molecule has 0 fully saturated rings. The highest BCUT2D eigenvalue weighted by Gasteiger charge is 2.14. The van der Waals surface area contributed by atoms with Gasteiger partial charge in [0.25, 0.3) is 5.89 Å². The SMILES string of the molecule is CN(C)Cc1noc(-c2cn[nH]c2C#N)n1. The predicted molar refractivity (Wildman–Crippen MR) is 54.0 cm³/mol. The van der Waals surface area contributed by atoms with E-state index in [4.69, 9.17) is 9.78 Å². The standard InChI is InChI=1S/C9H10N6O/c1-15(2)5-8-12-9(16-14-8)6-4-11-13-7(6)3-10/h4H,5H2,1-2H3,(H,11,13). The molecule has 1 N–H and O–H groups in total. The Kier molecular flexibility index (Phi) is 2.66. The Balaban J connectivity index is 2.29. The summed E-state index contributed by atoms with van der Waals surface area (Å²) in [6.45, 7) is 0.587. The van der Waals surface area contributed by atoms with Crippen LogP contribution in [0.1, 0.15) is 11.5 Å². The smallest absolute Gasteiger partial charge is 0.262 e. The highest BCUT2D eigenvalue weighted by atomic mass is 16.5. The summed E-state index contributed by atoms with van der Waals surface area (Å²) in [7, 11) is 3.82. The normalized spacial score (nSPS) is 10.6. The first-order valence-corrected chi connectivity index (χ1v) is 4.62. The minimum atomic E-state index is 0.308. The van der Waals surface area contributed by atoms with Gasteiger partial charge in [-0.3, -0.25) is 5.10 Å². The lowest BCUT2D eigenvalue weighted by molar-refractivity contribution is 0.365. The number of H-pyrrole nitrogens is 1. The fourth-order valence-electron chi connectivity index (χ4n) is 1.24. The number of hydrogen-bond donors (Lipinski definition) is 1. The van der Waals surface area contributed by atoms with Crippen molar-refractivity contribution in [3.05, 3.63) is 17.7 Å². The van der Waals surface area contributed by atoms with E-state index in [1.807, 2.05) is 25.1 Å². The zero-order chi connectivity index (χ0) is 11.5. The van der Waals surface area contributed by atoms with Crippen LogP contribution < -0.4 is 0 Å². The minimum Gasteiger partial charge on any atom is -0.334 e. The molecule has 0 aliphatic rings. The molecule has 2 aromatic heterocycles. The van der Waals surface area contributed by atoms with E-state index in [-0.39, 0.29) is 0 Å². The molecule has 2 aromatic rings. The van der Waals surface area contributed by atoms with Crippen molar-refractivity contribution in [1.82, 2.24) is 25.2 Å². The number of nitrogens with one attached hydrogen (secondary N) is 1. The molecule has 0 spiro atoms. The summed E-state index contributed by atoms with van der Waals surface area (Å²) in [5.74, 6) is 0.882. The van der Waals surface area contributed by atoms with Crippen LogP contribution in [-0.4, -0.2) is 39.3 Å². The predicted octanol–water partition coefficient (Wildman–Crippen LogP) is 0.393. The fourth-order valence-corrected chi connectivity index (χ4v) is 1.24. The van der Waals surface area contributed by atoms with Crippen molar-refractivity contribution in [3.8, 4) is 17.5 Å². The van der Waals surface area contributed by atoms with E-state index in [1.54, 1.807) is 0 Å². The number of aromatic nitrogens is 4. The number of nitrogens with zero attached hydrogens (tertiary/aromatic N) is 5. The van der Waals surface area contributed by atoms with Gasteiger partial charge in [-0.05, 0) is 14.1 Å². The van der Waals surface area contributed by atoms with E-state index in [1.165, 1.54) is 6.20 Å². The minimum absolute atomic E-state index is 0.308. The summed E-state index contributed by atoms with van der Waals surface area (Å²) in [5, 5.41) is 18.9. The van der Waals surface area contributed by atoms with Gasteiger partial charge in [0.05, 0.1) is 18.3 Å². The first kappa shape index (κ1) is 10.3. The van der Waals surface area contributed by atoms with Crippen LogP contribution in [0.5, 0.6) is 0 Å². The monoisotopic (exact) mass is 218 g/mol. The van der Waals surface area contributed by atoms with E-state index in [9.17, 15) is 0 Å². The molecule has 7 heteroatoms. The molecule has 82 valence electrons. The fraction of sp³-hybridized carbons (Fsp3) is 0.333. The molecule has 2 heterocycles. The Hall–Kier alpha value is -2.20. The molecule has 2 rings (SSSR count). The molecule has 0 saturated carbocycles. The Labute approximate surface area is 91.7 Å². The van der Waals surface area contributed by atoms with E-state index in [0.717, 1.165) is 0 Å². The van der Waals surface area contributed by atoms with Gasteiger partial charge < -0.3 is 9.42 Å². The number of aromatic amines is 1. The maximum Gasteiger partial charge on any atom is 0.262 e. The van der Waals surface area contributed by atoms with Gasteiger partial charge in [-0.25, -0.2) is 0 Å². The van der Waals surface area contributed by atoms with E-state index in [2.05, 4.69) is 20.3 Å². The molecule has 0 unspecified atom stereocenters. The second-order valence-electron chi connectivity index (χ2n) is 3.52. The zero-order valence-corrected chi connectivity index (χ0v) is 8.93. The molecular formula is C9H10N6O. The number of hydrogen-bond acceptors (Lipinski definition) is 6. The van der Waals surface area contributed by atoms with E-state index >= 15 is 0 Å². The average molecular weight is 218 g/mol. The van der Waals surface area contributed by atoms with Crippen molar-refractivity contribution in [1.29, 1.82) is 5.26 Å². The van der Waals surface area contributed by atoms with Gasteiger partial charge in [0.2, 0.25) is 0 Å². The van der Waals surface area contributed by atoms with Gasteiger partial charge in [0.1, 0.15) is 11.8 Å². The molecular weight excluding hydrogens is 208 g/mol. The third kappa shape index (κ3) is 1.92. The molecule has 0 amide bonds. The van der Waals surface area contributed by atoms with Crippen molar-refractivity contribution in [2.45, 2.75) is 6.54 Å². The highest BCUT2D eigenvalue weighted by Crippen LogP contribution is 2.19. The van der Waals surface area contributed by atoms with E-state index in [0.29, 0.717) is 29.5 Å². The molecule has 0 aliphatic carbocycles. The van der Waals surface area contributed by atoms with Crippen LogP contribution >= 0.6 is 0 Å². The topological polar surface area (TPSA) is 94.6 Å². The molecule has 0 bridgehead atoms. The summed E-state index contributed by atoms with van der Waals surface area (Å²) in [6.07, 6.45) is 1.49. The molecule has 0 aromatic carbocycles. The van der Waals surface area contributed by atoms with Gasteiger partial charge in [0.15, 0.2) is 5.82 Å². The molecule has 16 heavy (non-hydrogen) atoms. The first-order valence-electron chi connectivity index (χ1n) is 4.62. The molecule has 0 aliphatic heterocycles. The lowest BCUT2D eigenvalue weighted by atomic mass is 10.2. The Morgan fingerprint density at radius 1 is 1.56 bits per heavy atom. The number of rotatable bonds is 3. The highest BCUT2D eigenvalue weighted by molar-refractivity contribution is 5.58. The lowest BCUT2D eigenvalue weighted by Crippen LogP contribution is -2.11. The largest absolute Gasteiger partial charge is 0.334 e. The Morgan fingerprint density at radius 2 is 2.38 bits per heavy atom.